The van der Waals surface area contributed by atoms with Gasteiger partial charge >= 0.3 is 0 Å². The summed E-state index contributed by atoms with van der Waals surface area (Å²) in [6.45, 7) is 4.74. The van der Waals surface area contributed by atoms with E-state index in [0.717, 1.165) is 12.0 Å². The summed E-state index contributed by atoms with van der Waals surface area (Å²) in [7, 11) is 1.59. The molecule has 25 heavy (non-hydrogen) atoms. The SMILES string of the molecule is C=CCOc1ccc(/C=C/C(=O)NCCC2=CCCCC2)cc1OC. The van der Waals surface area contributed by atoms with Crippen LogP contribution < -0.4 is 14.8 Å². The number of carbonyl (C=O) groups excluding carboxylic acids is 1. The van der Waals surface area contributed by atoms with Gasteiger partial charge in [-0.25, -0.2) is 0 Å². The van der Waals surface area contributed by atoms with Crippen molar-refractivity contribution in [3.05, 3.63) is 54.1 Å². The first kappa shape index (κ1) is 18.8. The molecular formula is C21H27NO3. The summed E-state index contributed by atoms with van der Waals surface area (Å²) in [5.41, 5.74) is 2.35. The van der Waals surface area contributed by atoms with Gasteiger partial charge in [0.05, 0.1) is 7.11 Å². The highest BCUT2D eigenvalue weighted by atomic mass is 16.5. The molecule has 1 aliphatic rings. The highest BCUT2D eigenvalue weighted by Crippen LogP contribution is 2.28. The number of hydrogen-bond acceptors (Lipinski definition) is 3. The highest BCUT2D eigenvalue weighted by molar-refractivity contribution is 5.91. The molecule has 1 N–H and O–H groups in total. The van der Waals surface area contributed by atoms with Crippen LogP contribution in [0.2, 0.25) is 0 Å². The van der Waals surface area contributed by atoms with Gasteiger partial charge in [0.15, 0.2) is 11.5 Å². The van der Waals surface area contributed by atoms with Crippen molar-refractivity contribution in [3.63, 3.8) is 0 Å². The Morgan fingerprint density at radius 2 is 2.20 bits per heavy atom. The van der Waals surface area contributed by atoms with E-state index in [2.05, 4.69) is 18.0 Å². The summed E-state index contributed by atoms with van der Waals surface area (Å²) in [6, 6.07) is 5.56. The number of benzene rings is 1. The topological polar surface area (TPSA) is 47.6 Å². The summed E-state index contributed by atoms with van der Waals surface area (Å²) < 4.78 is 10.8. The zero-order valence-corrected chi connectivity index (χ0v) is 14.9. The van der Waals surface area contributed by atoms with Gasteiger partial charge in [0.25, 0.3) is 0 Å². The van der Waals surface area contributed by atoms with Gasteiger partial charge in [-0.05, 0) is 55.9 Å². The van der Waals surface area contributed by atoms with Crippen molar-refractivity contribution < 1.29 is 14.3 Å². The molecule has 0 fully saturated rings. The Morgan fingerprint density at radius 1 is 1.32 bits per heavy atom. The van der Waals surface area contributed by atoms with Crippen molar-refractivity contribution in [2.24, 2.45) is 0 Å². The molecule has 0 unspecified atom stereocenters. The molecule has 1 aromatic carbocycles. The zero-order chi connectivity index (χ0) is 17.9. The molecule has 0 spiro atoms. The molecule has 0 aliphatic heterocycles. The molecule has 1 aromatic rings. The van der Waals surface area contributed by atoms with Crippen molar-refractivity contribution in [3.8, 4) is 11.5 Å². The molecule has 0 saturated heterocycles. The van der Waals surface area contributed by atoms with Crippen LogP contribution in [0.1, 0.15) is 37.7 Å². The molecule has 0 atom stereocenters. The molecular weight excluding hydrogens is 314 g/mol. The van der Waals surface area contributed by atoms with Crippen LogP contribution in [0, 0.1) is 0 Å². The molecule has 0 radical (unpaired) electrons. The third-order valence-electron chi connectivity index (χ3n) is 4.10. The number of hydrogen-bond donors (Lipinski definition) is 1. The van der Waals surface area contributed by atoms with Gasteiger partial charge in [0.1, 0.15) is 6.61 Å². The van der Waals surface area contributed by atoms with Gasteiger partial charge in [-0.3, -0.25) is 4.79 Å². The van der Waals surface area contributed by atoms with E-state index in [4.69, 9.17) is 9.47 Å². The smallest absolute Gasteiger partial charge is 0.244 e. The Hall–Kier alpha value is -2.49. The van der Waals surface area contributed by atoms with Gasteiger partial charge in [0, 0.05) is 12.6 Å². The Bertz CT molecular complexity index is 647. The second-order valence-electron chi connectivity index (χ2n) is 5.99. The zero-order valence-electron chi connectivity index (χ0n) is 14.9. The summed E-state index contributed by atoms with van der Waals surface area (Å²) in [4.78, 5) is 11.9. The molecule has 2 rings (SSSR count). The molecule has 4 nitrogen and oxygen atoms in total. The van der Waals surface area contributed by atoms with E-state index in [-0.39, 0.29) is 5.91 Å². The molecule has 0 aromatic heterocycles. The van der Waals surface area contributed by atoms with Crippen molar-refractivity contribution in [2.75, 3.05) is 20.3 Å². The third-order valence-corrected chi connectivity index (χ3v) is 4.10. The fraction of sp³-hybridized carbons (Fsp3) is 0.381. The van der Waals surface area contributed by atoms with Crippen molar-refractivity contribution in [1.29, 1.82) is 0 Å². The van der Waals surface area contributed by atoms with Crippen LogP contribution in [0.15, 0.2) is 48.6 Å². The summed E-state index contributed by atoms with van der Waals surface area (Å²) in [5, 5.41) is 2.93. The quantitative estimate of drug-likeness (QED) is 0.539. The minimum atomic E-state index is -0.0811. The minimum Gasteiger partial charge on any atom is -0.493 e. The molecule has 0 saturated carbocycles. The van der Waals surface area contributed by atoms with Crippen LogP contribution in [0.25, 0.3) is 6.08 Å². The van der Waals surface area contributed by atoms with E-state index < -0.39 is 0 Å². The average molecular weight is 341 g/mol. The Labute approximate surface area is 150 Å². The molecule has 1 amide bonds. The first-order chi connectivity index (χ1) is 12.2. The number of amides is 1. The van der Waals surface area contributed by atoms with Crippen LogP contribution in [0.5, 0.6) is 11.5 Å². The largest absolute Gasteiger partial charge is 0.493 e. The average Bonchev–Trinajstić information content (AvgIpc) is 2.65. The van der Waals surface area contributed by atoms with Crippen molar-refractivity contribution in [1.82, 2.24) is 5.32 Å². The maximum atomic E-state index is 11.9. The third kappa shape index (κ3) is 6.49. The number of ether oxygens (including phenoxy) is 2. The van der Waals surface area contributed by atoms with Gasteiger partial charge in [0.2, 0.25) is 5.91 Å². The van der Waals surface area contributed by atoms with Crippen molar-refractivity contribution >= 4 is 12.0 Å². The van der Waals surface area contributed by atoms with Crippen molar-refractivity contribution in [2.45, 2.75) is 32.1 Å². The number of allylic oxidation sites excluding steroid dienone is 1. The summed E-state index contributed by atoms with van der Waals surface area (Å²) in [5.74, 6) is 1.21. The van der Waals surface area contributed by atoms with Gasteiger partial charge in [-0.15, -0.1) is 0 Å². The first-order valence-corrected chi connectivity index (χ1v) is 8.78. The number of carbonyl (C=O) groups is 1. The van der Waals surface area contributed by atoms with Gasteiger partial charge < -0.3 is 14.8 Å². The standard InChI is InChI=1S/C21H27NO3/c1-3-15-25-19-11-9-18(16-20(19)24-2)10-12-21(23)22-14-13-17-7-5-4-6-8-17/h3,7,9-12,16H,1,4-6,8,13-15H2,2H3,(H,22,23)/b12-10+. The lowest BCUT2D eigenvalue weighted by molar-refractivity contribution is -0.116. The van der Waals surface area contributed by atoms with E-state index in [1.54, 1.807) is 25.3 Å². The summed E-state index contributed by atoms with van der Waals surface area (Å²) in [6.07, 6.45) is 13.2. The maximum Gasteiger partial charge on any atom is 0.244 e. The normalized spacial score (nSPS) is 14.0. The molecule has 0 heterocycles. The Balaban J connectivity index is 1.84. The molecule has 1 aliphatic carbocycles. The summed E-state index contributed by atoms with van der Waals surface area (Å²) >= 11 is 0. The monoisotopic (exact) mass is 341 g/mol. The molecule has 0 bridgehead atoms. The fourth-order valence-electron chi connectivity index (χ4n) is 2.76. The van der Waals surface area contributed by atoms with E-state index in [9.17, 15) is 4.79 Å². The van der Waals surface area contributed by atoms with E-state index >= 15 is 0 Å². The van der Waals surface area contributed by atoms with E-state index in [1.807, 2.05) is 18.2 Å². The highest BCUT2D eigenvalue weighted by Gasteiger charge is 2.05. The lowest BCUT2D eigenvalue weighted by Gasteiger charge is -2.12. The van der Waals surface area contributed by atoms with Gasteiger partial charge in [-0.2, -0.15) is 0 Å². The lowest BCUT2D eigenvalue weighted by atomic mass is 9.97. The second kappa shape index (κ2) is 10.4. The van der Waals surface area contributed by atoms with Crippen LogP contribution in [-0.4, -0.2) is 26.2 Å². The van der Waals surface area contributed by atoms with Crippen LogP contribution in [0.3, 0.4) is 0 Å². The Morgan fingerprint density at radius 3 is 2.92 bits per heavy atom. The molecule has 4 heteroatoms. The maximum absolute atomic E-state index is 11.9. The second-order valence-corrected chi connectivity index (χ2v) is 5.99. The fourth-order valence-corrected chi connectivity index (χ4v) is 2.76. The predicted octanol–water partition coefficient (Wildman–Crippen LogP) is 4.28. The molecule has 134 valence electrons. The van der Waals surface area contributed by atoms with E-state index in [0.29, 0.717) is 24.7 Å². The van der Waals surface area contributed by atoms with Gasteiger partial charge in [-0.1, -0.05) is 30.4 Å². The van der Waals surface area contributed by atoms with Crippen LogP contribution in [-0.2, 0) is 4.79 Å². The van der Waals surface area contributed by atoms with Crippen LogP contribution in [0.4, 0.5) is 0 Å². The first-order valence-electron chi connectivity index (χ1n) is 8.78. The number of methoxy groups -OCH3 is 1. The van der Waals surface area contributed by atoms with Crippen LogP contribution >= 0.6 is 0 Å². The van der Waals surface area contributed by atoms with E-state index in [1.165, 1.54) is 31.3 Å². The predicted molar refractivity (Wildman–Crippen MR) is 102 cm³/mol. The minimum absolute atomic E-state index is 0.0811. The number of nitrogens with one attached hydrogen (secondary N) is 1. The number of rotatable bonds is 9. The Kier molecular flexibility index (Phi) is 7.83. The lowest BCUT2D eigenvalue weighted by Crippen LogP contribution is -2.22.